The number of rotatable bonds is 3. The first-order valence-electron chi connectivity index (χ1n) is 7.23. The molecule has 2 rings (SSSR count). The molecule has 0 aromatic heterocycles. The quantitative estimate of drug-likeness (QED) is 0.583. The minimum absolute atomic E-state index is 0.568. The standard InChI is InChI=1S/C19H22OSi/c1-19(20-21(2,3)4,18-13-9-6-10-14-18)16-15-17-11-7-5-8-12-17/h5-14H,1-4H3. The van der Waals surface area contributed by atoms with Gasteiger partial charge in [0.25, 0.3) is 0 Å². The van der Waals surface area contributed by atoms with Crippen LogP contribution in [-0.2, 0) is 10.0 Å². The van der Waals surface area contributed by atoms with Gasteiger partial charge in [-0.25, -0.2) is 0 Å². The average molecular weight is 294 g/mol. The largest absolute Gasteiger partial charge is 0.398 e. The van der Waals surface area contributed by atoms with E-state index in [1.165, 1.54) is 0 Å². The summed E-state index contributed by atoms with van der Waals surface area (Å²) in [6.07, 6.45) is 0. The van der Waals surface area contributed by atoms with E-state index in [1.807, 2.05) is 48.5 Å². The van der Waals surface area contributed by atoms with E-state index < -0.39 is 13.9 Å². The van der Waals surface area contributed by atoms with Crippen molar-refractivity contribution in [1.82, 2.24) is 0 Å². The highest BCUT2D eigenvalue weighted by molar-refractivity contribution is 6.69. The minimum atomic E-state index is -1.72. The number of hydrogen-bond acceptors (Lipinski definition) is 1. The normalized spacial score (nSPS) is 13.9. The van der Waals surface area contributed by atoms with Crippen molar-refractivity contribution in [3.05, 3.63) is 71.8 Å². The Bertz CT molecular complexity index is 632. The zero-order chi connectivity index (χ0) is 15.3. The molecular formula is C19H22OSi. The Hall–Kier alpha value is -1.82. The molecule has 2 aromatic carbocycles. The topological polar surface area (TPSA) is 9.23 Å². The lowest BCUT2D eigenvalue weighted by Gasteiger charge is -2.32. The molecule has 0 amide bonds. The molecule has 1 unspecified atom stereocenters. The molecule has 2 aromatic rings. The summed E-state index contributed by atoms with van der Waals surface area (Å²) in [6, 6.07) is 20.3. The van der Waals surface area contributed by atoms with Crippen LogP contribution in [0.1, 0.15) is 18.1 Å². The summed E-state index contributed by atoms with van der Waals surface area (Å²) in [5, 5.41) is 0. The van der Waals surface area contributed by atoms with Gasteiger partial charge >= 0.3 is 0 Å². The number of hydrogen-bond donors (Lipinski definition) is 0. The molecular weight excluding hydrogens is 272 g/mol. The van der Waals surface area contributed by atoms with Gasteiger partial charge in [0.2, 0.25) is 0 Å². The Morgan fingerprint density at radius 3 is 1.90 bits per heavy atom. The highest BCUT2D eigenvalue weighted by atomic mass is 28.4. The van der Waals surface area contributed by atoms with E-state index in [0.717, 1.165) is 11.1 Å². The minimum Gasteiger partial charge on any atom is -0.398 e. The van der Waals surface area contributed by atoms with Crippen LogP contribution in [0.4, 0.5) is 0 Å². The third-order valence-corrected chi connectivity index (χ3v) is 4.07. The van der Waals surface area contributed by atoms with Gasteiger partial charge in [0.1, 0.15) is 5.60 Å². The van der Waals surface area contributed by atoms with Gasteiger partial charge in [0.05, 0.1) is 0 Å². The second-order valence-electron chi connectivity index (χ2n) is 6.23. The lowest BCUT2D eigenvalue weighted by Crippen LogP contribution is -2.37. The van der Waals surface area contributed by atoms with Crippen molar-refractivity contribution in [3.63, 3.8) is 0 Å². The van der Waals surface area contributed by atoms with E-state index in [9.17, 15) is 0 Å². The molecule has 0 heterocycles. The van der Waals surface area contributed by atoms with Crippen LogP contribution < -0.4 is 0 Å². The van der Waals surface area contributed by atoms with Crippen molar-refractivity contribution in [3.8, 4) is 11.8 Å². The van der Waals surface area contributed by atoms with Crippen LogP contribution in [0.2, 0.25) is 19.6 Å². The zero-order valence-corrected chi connectivity index (χ0v) is 14.2. The van der Waals surface area contributed by atoms with Gasteiger partial charge in [0.15, 0.2) is 8.32 Å². The summed E-state index contributed by atoms with van der Waals surface area (Å²) in [6.45, 7) is 8.64. The van der Waals surface area contributed by atoms with Crippen LogP contribution in [-0.4, -0.2) is 8.32 Å². The average Bonchev–Trinajstić information content (AvgIpc) is 2.46. The molecule has 0 saturated carbocycles. The fourth-order valence-corrected chi connectivity index (χ4v) is 3.63. The van der Waals surface area contributed by atoms with E-state index in [1.54, 1.807) is 0 Å². The third-order valence-electron chi connectivity index (χ3n) is 3.05. The van der Waals surface area contributed by atoms with E-state index >= 15 is 0 Å². The molecule has 0 radical (unpaired) electrons. The molecule has 0 aliphatic carbocycles. The van der Waals surface area contributed by atoms with Crippen LogP contribution in [0.5, 0.6) is 0 Å². The molecule has 0 saturated heterocycles. The molecule has 0 aliphatic rings. The van der Waals surface area contributed by atoms with Gasteiger partial charge < -0.3 is 4.43 Å². The highest BCUT2D eigenvalue weighted by Crippen LogP contribution is 2.28. The van der Waals surface area contributed by atoms with Gasteiger partial charge in [-0.3, -0.25) is 0 Å². The Labute approximate surface area is 129 Å². The maximum Gasteiger partial charge on any atom is 0.186 e. The monoisotopic (exact) mass is 294 g/mol. The smallest absolute Gasteiger partial charge is 0.186 e. The molecule has 0 bridgehead atoms. The molecule has 21 heavy (non-hydrogen) atoms. The second-order valence-corrected chi connectivity index (χ2v) is 10.7. The van der Waals surface area contributed by atoms with E-state index in [0.29, 0.717) is 0 Å². The molecule has 0 N–H and O–H groups in total. The van der Waals surface area contributed by atoms with Gasteiger partial charge in [0, 0.05) is 5.56 Å². The van der Waals surface area contributed by atoms with Crippen LogP contribution >= 0.6 is 0 Å². The van der Waals surface area contributed by atoms with Crippen molar-refractivity contribution in [2.24, 2.45) is 0 Å². The summed E-state index contributed by atoms with van der Waals surface area (Å²) in [4.78, 5) is 0. The zero-order valence-electron chi connectivity index (χ0n) is 13.2. The van der Waals surface area contributed by atoms with Crippen molar-refractivity contribution in [1.29, 1.82) is 0 Å². The molecule has 0 aliphatic heterocycles. The summed E-state index contributed by atoms with van der Waals surface area (Å²) in [5.74, 6) is 6.60. The first-order valence-corrected chi connectivity index (χ1v) is 10.6. The van der Waals surface area contributed by atoms with Gasteiger partial charge in [-0.2, -0.15) is 0 Å². The van der Waals surface area contributed by atoms with Gasteiger partial charge in [-0.1, -0.05) is 60.4 Å². The van der Waals surface area contributed by atoms with E-state index in [2.05, 4.69) is 50.5 Å². The Balaban J connectivity index is 2.40. The first kappa shape index (κ1) is 15.6. The third kappa shape index (κ3) is 4.59. The molecule has 0 fully saturated rings. The molecule has 108 valence electrons. The van der Waals surface area contributed by atoms with Crippen molar-refractivity contribution in [2.45, 2.75) is 32.2 Å². The first-order chi connectivity index (χ1) is 9.89. The summed E-state index contributed by atoms with van der Waals surface area (Å²) >= 11 is 0. The maximum absolute atomic E-state index is 6.40. The fourth-order valence-electron chi connectivity index (χ4n) is 2.24. The van der Waals surface area contributed by atoms with E-state index in [-0.39, 0.29) is 0 Å². The molecule has 1 nitrogen and oxygen atoms in total. The highest BCUT2D eigenvalue weighted by Gasteiger charge is 2.31. The van der Waals surface area contributed by atoms with Gasteiger partial charge in [-0.15, -0.1) is 0 Å². The SMILES string of the molecule is CC(C#Cc1ccccc1)(O[Si](C)(C)C)c1ccccc1. The predicted octanol–water partition coefficient (Wildman–Crippen LogP) is 4.81. The summed E-state index contributed by atoms with van der Waals surface area (Å²) in [7, 11) is -1.72. The summed E-state index contributed by atoms with van der Waals surface area (Å²) in [5.41, 5.74) is 1.55. The molecule has 2 heteroatoms. The fraction of sp³-hybridized carbons (Fsp3) is 0.263. The van der Waals surface area contributed by atoms with Crippen LogP contribution in [0.15, 0.2) is 60.7 Å². The second kappa shape index (κ2) is 6.30. The lowest BCUT2D eigenvalue weighted by molar-refractivity contribution is 0.143. The lowest BCUT2D eigenvalue weighted by atomic mass is 9.96. The van der Waals surface area contributed by atoms with Crippen molar-refractivity contribution >= 4 is 8.32 Å². The summed E-state index contributed by atoms with van der Waals surface area (Å²) < 4.78 is 6.40. The van der Waals surface area contributed by atoms with E-state index in [4.69, 9.17) is 4.43 Å². The van der Waals surface area contributed by atoms with Crippen LogP contribution in [0, 0.1) is 11.8 Å². The maximum atomic E-state index is 6.40. The van der Waals surface area contributed by atoms with Crippen LogP contribution in [0.25, 0.3) is 0 Å². The molecule has 1 atom stereocenters. The van der Waals surface area contributed by atoms with Crippen molar-refractivity contribution < 1.29 is 4.43 Å². The molecule has 0 spiro atoms. The number of benzene rings is 2. The van der Waals surface area contributed by atoms with Gasteiger partial charge in [-0.05, 0) is 44.3 Å². The van der Waals surface area contributed by atoms with Crippen molar-refractivity contribution in [2.75, 3.05) is 0 Å². The van der Waals surface area contributed by atoms with Crippen LogP contribution in [0.3, 0.4) is 0 Å². The predicted molar refractivity (Wildman–Crippen MR) is 91.5 cm³/mol. The Kier molecular flexibility index (Phi) is 4.67. The Morgan fingerprint density at radius 2 is 1.38 bits per heavy atom. The Morgan fingerprint density at radius 1 is 0.857 bits per heavy atom.